The number of nitrogens with one attached hydrogen (secondary N) is 1. The van der Waals surface area contributed by atoms with Gasteiger partial charge in [-0.05, 0) is 71.7 Å². The summed E-state index contributed by atoms with van der Waals surface area (Å²) < 4.78 is 95.5. The number of piperidine rings is 1. The normalized spacial score (nSPS) is 19.5. The highest BCUT2D eigenvalue weighted by Gasteiger charge is 2.50. The molecule has 16 heteroatoms. The number of hydrogen-bond donors (Lipinski definition) is 1. The van der Waals surface area contributed by atoms with Crippen LogP contribution in [0.5, 0.6) is 0 Å². The molecule has 1 fully saturated rings. The molecule has 0 unspecified atom stereocenters. The average molecular weight is 670 g/mol. The highest BCUT2D eigenvalue weighted by Crippen LogP contribution is 2.43. The lowest BCUT2D eigenvalue weighted by molar-refractivity contribution is -0.156. The second-order valence-electron chi connectivity index (χ2n) is 12.2. The van der Waals surface area contributed by atoms with Gasteiger partial charge in [-0.25, -0.2) is 22.6 Å². The molecule has 0 saturated carbocycles. The fourth-order valence-electron chi connectivity index (χ4n) is 5.51. The molecule has 2 atom stereocenters. The molecule has 250 valence electrons. The van der Waals surface area contributed by atoms with Crippen LogP contribution in [0.15, 0.2) is 47.4 Å². The molecular weight excluding hydrogens is 634 g/mol. The number of halogens is 4. The number of esters is 1. The van der Waals surface area contributed by atoms with Crippen LogP contribution >= 0.6 is 0 Å². The van der Waals surface area contributed by atoms with Crippen molar-refractivity contribution in [2.45, 2.75) is 76.6 Å². The average Bonchev–Trinajstić information content (AvgIpc) is 3.32. The van der Waals surface area contributed by atoms with Crippen LogP contribution in [0.1, 0.15) is 57.5 Å². The Morgan fingerprint density at radius 1 is 1.11 bits per heavy atom. The van der Waals surface area contributed by atoms with Gasteiger partial charge in [-0.15, -0.1) is 5.10 Å². The van der Waals surface area contributed by atoms with Crippen molar-refractivity contribution < 1.29 is 45.0 Å². The van der Waals surface area contributed by atoms with E-state index in [9.17, 15) is 31.2 Å². The molecule has 11 nitrogen and oxygen atoms in total. The molecule has 0 bridgehead atoms. The number of benzene rings is 1. The smallest absolute Gasteiger partial charge is 0.435 e. The number of anilines is 2. The highest BCUT2D eigenvalue weighted by atomic mass is 32.2. The summed E-state index contributed by atoms with van der Waals surface area (Å²) >= 11 is 0. The van der Waals surface area contributed by atoms with Gasteiger partial charge in [-0.1, -0.05) is 12.1 Å². The zero-order valence-electron chi connectivity index (χ0n) is 26.1. The fraction of sp³-hybridized carbons (Fsp3) is 0.467. The first kappa shape index (κ1) is 34.8. The first-order chi connectivity index (χ1) is 21.3. The van der Waals surface area contributed by atoms with E-state index in [0.717, 1.165) is 34.3 Å². The monoisotopic (exact) mass is 669 g/mol. The maximum atomic E-state index is 15.1. The maximum Gasteiger partial charge on any atom is 0.435 e. The van der Waals surface area contributed by atoms with Crippen molar-refractivity contribution in [1.82, 2.24) is 19.1 Å². The molecule has 0 aliphatic carbocycles. The molecule has 2 aromatic heterocycles. The Bertz CT molecular complexity index is 1740. The molecule has 3 heterocycles. The molecule has 0 amide bonds. The maximum absolute atomic E-state index is 15.1. The van der Waals surface area contributed by atoms with Crippen LogP contribution in [0.2, 0.25) is 0 Å². The lowest BCUT2D eigenvalue weighted by atomic mass is 9.73. The van der Waals surface area contributed by atoms with E-state index in [2.05, 4.69) is 15.4 Å². The molecule has 1 N–H and O–H groups in total. The number of hydrogen-bond acceptors (Lipinski definition) is 9. The number of alkyl halides is 3. The van der Waals surface area contributed by atoms with Gasteiger partial charge in [0.25, 0.3) is 0 Å². The van der Waals surface area contributed by atoms with Gasteiger partial charge >= 0.3 is 18.2 Å². The molecule has 0 radical (unpaired) electrons. The standard InChI is InChI=1S/C30H35F4N5O6S/c1-18-15-25(37-39(18)27(41)45-28(3,4)5)36-24-12-11-21(31)22(35-24)17-29(26(40)44-6)13-14-38(19(2)16-29)46(42,43)23-10-8-7-9-20(23)30(32,33)34/h7-12,15,19H,13-14,16-17H2,1-6H3,(H,35,36,37)/t19-,29-/m1/s1. The predicted molar refractivity (Wildman–Crippen MR) is 158 cm³/mol. The summed E-state index contributed by atoms with van der Waals surface area (Å²) in [6, 6.07) is 6.95. The summed E-state index contributed by atoms with van der Waals surface area (Å²) in [5, 5.41) is 7.09. The minimum atomic E-state index is -4.91. The van der Waals surface area contributed by atoms with Gasteiger partial charge in [-0.2, -0.15) is 22.2 Å². The lowest BCUT2D eigenvalue weighted by Gasteiger charge is -2.43. The fourth-order valence-corrected chi connectivity index (χ4v) is 7.36. The van der Waals surface area contributed by atoms with E-state index in [0.29, 0.717) is 11.8 Å². The summed E-state index contributed by atoms with van der Waals surface area (Å²) in [5.74, 6) is -1.13. The van der Waals surface area contributed by atoms with Crippen molar-refractivity contribution in [3.63, 3.8) is 0 Å². The molecule has 4 rings (SSSR count). The number of aryl methyl sites for hydroxylation is 1. The van der Waals surface area contributed by atoms with Gasteiger partial charge < -0.3 is 14.8 Å². The third kappa shape index (κ3) is 7.33. The van der Waals surface area contributed by atoms with Crippen LogP contribution in [0.25, 0.3) is 0 Å². The second-order valence-corrected chi connectivity index (χ2v) is 14.0. The SMILES string of the molecule is COC(=O)[C@]1(Cc2nc(Nc3cc(C)n(C(=O)OC(C)(C)C)n3)ccc2F)CCN(S(=O)(=O)c2ccccc2C(F)(F)F)[C@H](C)C1. The number of carbonyl (C=O) groups excluding carboxylic acids is 2. The van der Waals surface area contributed by atoms with Crippen molar-refractivity contribution in [1.29, 1.82) is 0 Å². The lowest BCUT2D eigenvalue weighted by Crippen LogP contribution is -2.52. The van der Waals surface area contributed by atoms with Crippen molar-refractivity contribution >= 4 is 33.7 Å². The number of nitrogens with zero attached hydrogens (tertiary/aromatic N) is 4. The molecule has 1 saturated heterocycles. The molecule has 3 aromatic rings. The molecule has 1 aliphatic heterocycles. The van der Waals surface area contributed by atoms with E-state index in [1.807, 2.05) is 0 Å². The van der Waals surface area contributed by atoms with Gasteiger partial charge in [0.05, 0.1) is 28.7 Å². The van der Waals surface area contributed by atoms with Crippen molar-refractivity contribution in [2.24, 2.45) is 5.41 Å². The van der Waals surface area contributed by atoms with Crippen molar-refractivity contribution in [2.75, 3.05) is 19.0 Å². The number of rotatable bonds is 7. The van der Waals surface area contributed by atoms with Crippen LogP contribution in [-0.2, 0) is 36.9 Å². The predicted octanol–water partition coefficient (Wildman–Crippen LogP) is 5.85. The zero-order chi connectivity index (χ0) is 34.2. The van der Waals surface area contributed by atoms with E-state index in [4.69, 9.17) is 9.47 Å². The zero-order valence-corrected chi connectivity index (χ0v) is 26.9. The Morgan fingerprint density at radius 3 is 2.39 bits per heavy atom. The van der Waals surface area contributed by atoms with Crippen LogP contribution in [0.4, 0.5) is 34.0 Å². The molecule has 0 spiro atoms. The van der Waals surface area contributed by atoms with Crippen LogP contribution in [0, 0.1) is 18.2 Å². The number of methoxy groups -OCH3 is 1. The van der Waals surface area contributed by atoms with Crippen LogP contribution in [-0.4, -0.2) is 64.8 Å². The molecule has 1 aliphatic rings. The van der Waals surface area contributed by atoms with E-state index in [-0.39, 0.29) is 43.1 Å². The van der Waals surface area contributed by atoms with Crippen molar-refractivity contribution in [3.8, 4) is 0 Å². The summed E-state index contributed by atoms with van der Waals surface area (Å²) in [6.07, 6.45) is -6.24. The van der Waals surface area contributed by atoms with Gasteiger partial charge in [0.2, 0.25) is 10.0 Å². The largest absolute Gasteiger partial charge is 0.469 e. The van der Waals surface area contributed by atoms with Crippen molar-refractivity contribution in [3.05, 3.63) is 65.2 Å². The van der Waals surface area contributed by atoms with Crippen LogP contribution < -0.4 is 5.32 Å². The minimum Gasteiger partial charge on any atom is -0.469 e. The van der Waals surface area contributed by atoms with E-state index in [1.54, 1.807) is 33.8 Å². The first-order valence-electron chi connectivity index (χ1n) is 14.3. The third-order valence-electron chi connectivity index (χ3n) is 7.52. The van der Waals surface area contributed by atoms with Gasteiger partial charge in [0.15, 0.2) is 5.82 Å². The topological polar surface area (TPSA) is 133 Å². The Labute approximate surface area is 263 Å². The number of ether oxygens (including phenoxy) is 2. The van der Waals surface area contributed by atoms with Gasteiger partial charge in [0, 0.05) is 30.8 Å². The van der Waals surface area contributed by atoms with Gasteiger partial charge in [0.1, 0.15) is 17.2 Å². The van der Waals surface area contributed by atoms with Gasteiger partial charge in [-0.3, -0.25) is 4.79 Å². The number of aromatic nitrogens is 3. The Balaban J connectivity index is 1.59. The van der Waals surface area contributed by atoms with E-state index >= 15 is 4.39 Å². The summed E-state index contributed by atoms with van der Waals surface area (Å²) in [6.45, 7) is 7.92. The molecule has 46 heavy (non-hydrogen) atoms. The molecular formula is C30H35F4N5O6S. The van der Waals surface area contributed by atoms with Crippen LogP contribution in [0.3, 0.4) is 0 Å². The number of carbonyl (C=O) groups is 2. The Kier molecular flexibility index (Phi) is 9.56. The third-order valence-corrected chi connectivity index (χ3v) is 9.59. The number of pyridine rings is 1. The first-order valence-corrected chi connectivity index (χ1v) is 15.7. The second kappa shape index (κ2) is 12.6. The molecule has 1 aromatic carbocycles. The minimum absolute atomic E-state index is 0.135. The van der Waals surface area contributed by atoms with E-state index in [1.165, 1.54) is 19.1 Å². The Hall–Kier alpha value is -4.05. The Morgan fingerprint density at radius 2 is 1.78 bits per heavy atom. The quantitative estimate of drug-likeness (QED) is 0.243. The summed E-state index contributed by atoms with van der Waals surface area (Å²) in [4.78, 5) is 29.1. The van der Waals surface area contributed by atoms with E-state index < -0.39 is 61.6 Å². The summed E-state index contributed by atoms with van der Waals surface area (Å²) in [5.41, 5.74) is -3.17. The highest BCUT2D eigenvalue weighted by molar-refractivity contribution is 7.89. The summed E-state index contributed by atoms with van der Waals surface area (Å²) in [7, 11) is -3.49. The number of sulfonamides is 1.